The van der Waals surface area contributed by atoms with Gasteiger partial charge in [-0.3, -0.25) is 0 Å². The van der Waals surface area contributed by atoms with Crippen molar-refractivity contribution in [2.45, 2.75) is 11.4 Å². The first-order valence-electron chi connectivity index (χ1n) is 6.03. The van der Waals surface area contributed by atoms with Crippen molar-refractivity contribution in [1.29, 1.82) is 0 Å². The molecule has 0 heterocycles. The first-order chi connectivity index (χ1) is 9.51. The van der Waals surface area contributed by atoms with E-state index >= 15 is 0 Å². The highest BCUT2D eigenvalue weighted by atomic mass is 35.5. The largest absolute Gasteiger partial charge is 0.381 e. The normalized spacial score (nSPS) is 11.3. The van der Waals surface area contributed by atoms with Crippen LogP contribution >= 0.6 is 11.6 Å². The van der Waals surface area contributed by atoms with Crippen LogP contribution in [0.25, 0.3) is 0 Å². The fourth-order valence-corrected chi connectivity index (χ4v) is 2.60. The minimum atomic E-state index is -3.42. The summed E-state index contributed by atoms with van der Waals surface area (Å²) in [7, 11) is -2.02. The zero-order valence-electron chi connectivity index (χ0n) is 10.9. The summed E-state index contributed by atoms with van der Waals surface area (Å²) in [6, 6.07) is 14.2. The van der Waals surface area contributed by atoms with E-state index in [1.807, 2.05) is 30.3 Å². The lowest BCUT2D eigenvalue weighted by molar-refractivity contribution is 0.588. The second-order valence-electron chi connectivity index (χ2n) is 4.22. The summed E-state index contributed by atoms with van der Waals surface area (Å²) in [5, 5.41) is 3.87. The average molecular weight is 311 g/mol. The molecule has 2 aromatic carbocycles. The van der Waals surface area contributed by atoms with Crippen molar-refractivity contribution in [3.8, 4) is 0 Å². The molecule has 0 radical (unpaired) electrons. The van der Waals surface area contributed by atoms with E-state index in [0.29, 0.717) is 11.6 Å². The van der Waals surface area contributed by atoms with Gasteiger partial charge in [-0.1, -0.05) is 29.8 Å². The molecule has 0 unspecified atom stereocenters. The van der Waals surface area contributed by atoms with Gasteiger partial charge in [-0.25, -0.2) is 13.1 Å². The van der Waals surface area contributed by atoms with E-state index in [4.69, 9.17) is 11.6 Å². The van der Waals surface area contributed by atoms with Gasteiger partial charge < -0.3 is 5.32 Å². The van der Waals surface area contributed by atoms with Crippen molar-refractivity contribution in [3.63, 3.8) is 0 Å². The molecule has 2 N–H and O–H groups in total. The van der Waals surface area contributed by atoms with Gasteiger partial charge in [0.2, 0.25) is 10.0 Å². The van der Waals surface area contributed by atoms with E-state index in [-0.39, 0.29) is 4.90 Å². The van der Waals surface area contributed by atoms with E-state index < -0.39 is 10.0 Å². The highest BCUT2D eigenvalue weighted by molar-refractivity contribution is 7.89. The summed E-state index contributed by atoms with van der Waals surface area (Å²) in [4.78, 5) is 0.237. The monoisotopic (exact) mass is 310 g/mol. The molecule has 0 saturated carbocycles. The average Bonchev–Trinajstić information content (AvgIpc) is 2.47. The van der Waals surface area contributed by atoms with Gasteiger partial charge in [0.15, 0.2) is 0 Å². The number of halogens is 1. The van der Waals surface area contributed by atoms with Gasteiger partial charge >= 0.3 is 0 Å². The van der Waals surface area contributed by atoms with Crippen LogP contribution in [-0.2, 0) is 16.6 Å². The van der Waals surface area contributed by atoms with Gasteiger partial charge in [0.05, 0.1) is 4.90 Å². The summed E-state index contributed by atoms with van der Waals surface area (Å²) in [5.74, 6) is 0. The van der Waals surface area contributed by atoms with Crippen LogP contribution in [0.3, 0.4) is 0 Å². The van der Waals surface area contributed by atoms with Crippen LogP contribution < -0.4 is 10.0 Å². The third-order valence-corrected chi connectivity index (χ3v) is 4.49. The van der Waals surface area contributed by atoms with Crippen LogP contribution in [0, 0.1) is 0 Å². The number of sulfonamides is 1. The molecule has 0 bridgehead atoms. The zero-order chi connectivity index (χ0) is 14.6. The molecule has 0 amide bonds. The molecule has 4 nitrogen and oxygen atoms in total. The third-order valence-electron chi connectivity index (χ3n) is 2.82. The van der Waals surface area contributed by atoms with Gasteiger partial charge in [-0.05, 0) is 42.9 Å². The summed E-state index contributed by atoms with van der Waals surface area (Å²) in [6.45, 7) is 0.597. The highest BCUT2D eigenvalue weighted by Crippen LogP contribution is 2.16. The molecular weight excluding hydrogens is 296 g/mol. The molecule has 0 aromatic heterocycles. The second-order valence-corrected chi connectivity index (χ2v) is 6.54. The number of hydrogen-bond donors (Lipinski definition) is 2. The van der Waals surface area contributed by atoms with Gasteiger partial charge in [0.25, 0.3) is 0 Å². The van der Waals surface area contributed by atoms with Gasteiger partial charge in [0.1, 0.15) is 0 Å². The van der Waals surface area contributed by atoms with Crippen LogP contribution in [-0.4, -0.2) is 15.5 Å². The molecule has 0 aliphatic carbocycles. The van der Waals surface area contributed by atoms with Crippen molar-refractivity contribution in [2.24, 2.45) is 0 Å². The van der Waals surface area contributed by atoms with Crippen LogP contribution in [0.5, 0.6) is 0 Å². The molecule has 0 fully saturated rings. The number of nitrogens with one attached hydrogen (secondary N) is 2. The lowest BCUT2D eigenvalue weighted by Crippen LogP contribution is -2.18. The third kappa shape index (κ3) is 3.72. The first kappa shape index (κ1) is 14.8. The smallest absolute Gasteiger partial charge is 0.240 e. The zero-order valence-corrected chi connectivity index (χ0v) is 12.5. The van der Waals surface area contributed by atoms with Crippen molar-refractivity contribution >= 4 is 27.3 Å². The van der Waals surface area contributed by atoms with Crippen molar-refractivity contribution in [1.82, 2.24) is 4.72 Å². The SMILES string of the molecule is CNS(=O)(=O)c1cccc(NCc2ccc(Cl)cc2)c1. The Morgan fingerprint density at radius 1 is 1.10 bits per heavy atom. The lowest BCUT2D eigenvalue weighted by atomic mass is 10.2. The Morgan fingerprint density at radius 3 is 2.45 bits per heavy atom. The van der Waals surface area contributed by atoms with Crippen LogP contribution in [0.2, 0.25) is 5.02 Å². The Morgan fingerprint density at radius 2 is 1.80 bits per heavy atom. The number of benzene rings is 2. The maximum Gasteiger partial charge on any atom is 0.240 e. The Kier molecular flexibility index (Phi) is 4.65. The standard InChI is InChI=1S/C14H15ClN2O2S/c1-16-20(18,19)14-4-2-3-13(9-14)17-10-11-5-7-12(15)8-6-11/h2-9,16-17H,10H2,1H3. The van der Waals surface area contributed by atoms with Crippen LogP contribution in [0.1, 0.15) is 5.56 Å². The molecular formula is C14H15ClN2O2S. The van der Waals surface area contributed by atoms with Gasteiger partial charge in [-0.15, -0.1) is 0 Å². The lowest BCUT2D eigenvalue weighted by Gasteiger charge is -2.09. The molecule has 0 aliphatic heterocycles. The predicted molar refractivity (Wildman–Crippen MR) is 81.5 cm³/mol. The quantitative estimate of drug-likeness (QED) is 0.893. The molecule has 106 valence electrons. The van der Waals surface area contributed by atoms with Crippen LogP contribution in [0.15, 0.2) is 53.4 Å². The number of anilines is 1. The topological polar surface area (TPSA) is 58.2 Å². The van der Waals surface area contributed by atoms with Crippen molar-refractivity contribution in [2.75, 3.05) is 12.4 Å². The molecule has 0 aliphatic rings. The molecule has 0 atom stereocenters. The first-order valence-corrected chi connectivity index (χ1v) is 7.89. The maximum absolute atomic E-state index is 11.7. The summed E-state index contributed by atoms with van der Waals surface area (Å²) >= 11 is 5.82. The molecule has 6 heteroatoms. The summed E-state index contributed by atoms with van der Waals surface area (Å²) < 4.78 is 25.7. The molecule has 20 heavy (non-hydrogen) atoms. The van der Waals surface area contributed by atoms with E-state index in [9.17, 15) is 8.42 Å². The summed E-state index contributed by atoms with van der Waals surface area (Å²) in [5.41, 5.74) is 1.81. The fraction of sp³-hybridized carbons (Fsp3) is 0.143. The number of rotatable bonds is 5. The van der Waals surface area contributed by atoms with E-state index in [1.165, 1.54) is 7.05 Å². The van der Waals surface area contributed by atoms with Crippen molar-refractivity contribution in [3.05, 3.63) is 59.1 Å². The molecule has 0 spiro atoms. The van der Waals surface area contributed by atoms with Crippen molar-refractivity contribution < 1.29 is 8.42 Å². The van der Waals surface area contributed by atoms with E-state index in [1.54, 1.807) is 18.2 Å². The summed E-state index contributed by atoms with van der Waals surface area (Å²) in [6.07, 6.45) is 0. The minimum Gasteiger partial charge on any atom is -0.381 e. The van der Waals surface area contributed by atoms with Gasteiger partial charge in [-0.2, -0.15) is 0 Å². The Bertz CT molecular complexity index is 685. The van der Waals surface area contributed by atoms with E-state index in [2.05, 4.69) is 10.0 Å². The highest BCUT2D eigenvalue weighted by Gasteiger charge is 2.11. The maximum atomic E-state index is 11.7. The predicted octanol–water partition coefficient (Wildman–Crippen LogP) is 2.86. The van der Waals surface area contributed by atoms with Gasteiger partial charge in [0, 0.05) is 17.3 Å². The Hall–Kier alpha value is -1.56. The fourth-order valence-electron chi connectivity index (χ4n) is 1.70. The Balaban J connectivity index is 2.11. The van der Waals surface area contributed by atoms with E-state index in [0.717, 1.165) is 11.3 Å². The molecule has 2 aromatic rings. The number of hydrogen-bond acceptors (Lipinski definition) is 3. The molecule has 0 saturated heterocycles. The van der Waals surface area contributed by atoms with Crippen LogP contribution in [0.4, 0.5) is 5.69 Å². The minimum absolute atomic E-state index is 0.237. The second kappa shape index (κ2) is 6.26. The molecule has 2 rings (SSSR count). The Labute approximate surface area is 123 Å².